The number of thiophene rings is 1. The number of aryl methyl sites for hydroxylation is 1. The summed E-state index contributed by atoms with van der Waals surface area (Å²) >= 11 is 1.56. The molecule has 2 N–H and O–H groups in total. The summed E-state index contributed by atoms with van der Waals surface area (Å²) in [6.45, 7) is 5.86. The largest absolute Gasteiger partial charge is 0.385 e. The molecule has 2 amide bonds. The Bertz CT molecular complexity index is 669. The highest BCUT2D eigenvalue weighted by atomic mass is 32.1. The third-order valence-electron chi connectivity index (χ3n) is 6.13. The zero-order chi connectivity index (χ0) is 19.4. The number of nitrogens with two attached hydrogens (primary N) is 1. The van der Waals surface area contributed by atoms with Crippen molar-refractivity contribution in [1.82, 2.24) is 9.80 Å². The van der Waals surface area contributed by atoms with Crippen molar-refractivity contribution in [2.24, 2.45) is 11.1 Å². The van der Waals surface area contributed by atoms with Gasteiger partial charge in [-0.25, -0.2) is 0 Å². The molecular formula is C20H31N3O3S. The number of rotatable bonds is 6. The second kappa shape index (κ2) is 8.71. The second-order valence-corrected chi connectivity index (χ2v) is 9.18. The molecule has 6 nitrogen and oxygen atoms in total. The zero-order valence-electron chi connectivity index (χ0n) is 16.4. The van der Waals surface area contributed by atoms with Crippen LogP contribution in [0.1, 0.15) is 46.7 Å². The second-order valence-electron chi connectivity index (χ2n) is 7.90. The lowest BCUT2D eigenvalue weighted by Gasteiger charge is -2.46. The van der Waals surface area contributed by atoms with Gasteiger partial charge in [0.1, 0.15) is 0 Å². The van der Waals surface area contributed by atoms with E-state index in [1.807, 2.05) is 24.0 Å². The first kappa shape index (κ1) is 20.3. The number of nitrogens with zero attached hydrogens (tertiary/aromatic N) is 2. The number of piperidine rings is 2. The minimum atomic E-state index is -0.476. The van der Waals surface area contributed by atoms with Crippen LogP contribution in [-0.2, 0) is 9.53 Å². The van der Waals surface area contributed by atoms with E-state index in [2.05, 4.69) is 4.90 Å². The van der Waals surface area contributed by atoms with E-state index in [0.717, 1.165) is 50.2 Å². The smallest absolute Gasteiger partial charge is 0.263 e. The quantitative estimate of drug-likeness (QED) is 0.804. The standard InChI is InChI=1S/C20H31N3O3S/c1-15-4-5-17(27-15)18(24)22-11-6-16(7-12-22)23-10-3-8-20(14-23,19(21)25)9-13-26-2/h4-5,16H,3,6-14H2,1-2H3,(H2,21,25). The van der Waals surface area contributed by atoms with Gasteiger partial charge in [0.2, 0.25) is 5.91 Å². The first-order chi connectivity index (χ1) is 12.9. The van der Waals surface area contributed by atoms with Crippen molar-refractivity contribution in [1.29, 1.82) is 0 Å². The molecule has 1 atom stereocenters. The van der Waals surface area contributed by atoms with Crippen molar-refractivity contribution in [3.8, 4) is 0 Å². The summed E-state index contributed by atoms with van der Waals surface area (Å²) in [5.74, 6) is -0.0540. The fourth-order valence-corrected chi connectivity index (χ4v) is 5.28. The first-order valence-electron chi connectivity index (χ1n) is 9.84. The van der Waals surface area contributed by atoms with E-state index >= 15 is 0 Å². The molecule has 3 rings (SSSR count). The molecule has 0 bridgehead atoms. The van der Waals surface area contributed by atoms with Crippen LogP contribution in [0.4, 0.5) is 0 Å². The molecule has 27 heavy (non-hydrogen) atoms. The van der Waals surface area contributed by atoms with Crippen molar-refractivity contribution in [2.45, 2.75) is 45.1 Å². The van der Waals surface area contributed by atoms with Gasteiger partial charge in [0.05, 0.1) is 10.3 Å². The van der Waals surface area contributed by atoms with E-state index in [0.29, 0.717) is 25.6 Å². The van der Waals surface area contributed by atoms with Crippen LogP contribution < -0.4 is 5.73 Å². The Morgan fingerprint density at radius 2 is 2.04 bits per heavy atom. The van der Waals surface area contributed by atoms with Gasteiger partial charge >= 0.3 is 0 Å². The predicted molar refractivity (Wildman–Crippen MR) is 107 cm³/mol. The number of hydrogen-bond acceptors (Lipinski definition) is 5. The summed E-state index contributed by atoms with van der Waals surface area (Å²) in [5, 5.41) is 0. The number of methoxy groups -OCH3 is 1. The molecule has 0 saturated carbocycles. The number of carbonyl (C=O) groups is 2. The first-order valence-corrected chi connectivity index (χ1v) is 10.7. The van der Waals surface area contributed by atoms with Crippen LogP contribution in [0.15, 0.2) is 12.1 Å². The molecule has 0 spiro atoms. The SMILES string of the molecule is COCCC1(C(N)=O)CCCN(C2CCN(C(=O)c3ccc(C)s3)CC2)C1. The zero-order valence-corrected chi connectivity index (χ0v) is 17.2. The molecule has 2 aliphatic heterocycles. The Morgan fingerprint density at radius 3 is 2.63 bits per heavy atom. The molecule has 2 fully saturated rings. The lowest BCUT2D eigenvalue weighted by molar-refractivity contribution is -0.133. The minimum absolute atomic E-state index is 0.150. The van der Waals surface area contributed by atoms with Gasteiger partial charge in [-0.2, -0.15) is 0 Å². The Labute approximate surface area is 165 Å². The van der Waals surface area contributed by atoms with Crippen molar-refractivity contribution >= 4 is 23.2 Å². The van der Waals surface area contributed by atoms with Crippen LogP contribution in [-0.4, -0.2) is 67.6 Å². The molecule has 2 saturated heterocycles. The summed E-state index contributed by atoms with van der Waals surface area (Å²) in [7, 11) is 1.66. The van der Waals surface area contributed by atoms with Gasteiger partial charge in [-0.05, 0) is 57.7 Å². The van der Waals surface area contributed by atoms with Gasteiger partial charge < -0.3 is 15.4 Å². The molecule has 7 heteroatoms. The highest BCUT2D eigenvalue weighted by Crippen LogP contribution is 2.35. The lowest BCUT2D eigenvalue weighted by atomic mass is 9.76. The topological polar surface area (TPSA) is 75.9 Å². The van der Waals surface area contributed by atoms with E-state index in [1.165, 1.54) is 4.88 Å². The third-order valence-corrected chi connectivity index (χ3v) is 7.12. The average Bonchev–Trinajstić information content (AvgIpc) is 3.12. The Balaban J connectivity index is 1.58. The number of amides is 2. The summed E-state index contributed by atoms with van der Waals surface area (Å²) in [4.78, 5) is 31.3. The van der Waals surface area contributed by atoms with Gasteiger partial charge in [0, 0.05) is 44.3 Å². The summed E-state index contributed by atoms with van der Waals surface area (Å²) in [5.41, 5.74) is 5.31. The Kier molecular flexibility index (Phi) is 6.55. The Morgan fingerprint density at radius 1 is 1.30 bits per heavy atom. The van der Waals surface area contributed by atoms with Crippen LogP contribution in [0.2, 0.25) is 0 Å². The summed E-state index contributed by atoms with van der Waals surface area (Å²) in [6, 6.07) is 4.35. The molecule has 1 unspecified atom stereocenters. The number of likely N-dealkylation sites (tertiary alicyclic amines) is 2. The van der Waals surface area contributed by atoms with Crippen LogP contribution in [0.25, 0.3) is 0 Å². The van der Waals surface area contributed by atoms with Crippen molar-refractivity contribution < 1.29 is 14.3 Å². The molecule has 0 radical (unpaired) electrons. The maximum Gasteiger partial charge on any atom is 0.263 e. The van der Waals surface area contributed by atoms with Crippen molar-refractivity contribution in [3.63, 3.8) is 0 Å². The van der Waals surface area contributed by atoms with Gasteiger partial charge in [-0.15, -0.1) is 11.3 Å². The van der Waals surface area contributed by atoms with Crippen LogP contribution in [0, 0.1) is 12.3 Å². The van der Waals surface area contributed by atoms with E-state index in [-0.39, 0.29) is 11.8 Å². The number of hydrogen-bond donors (Lipinski definition) is 1. The summed E-state index contributed by atoms with van der Waals surface area (Å²) < 4.78 is 5.22. The number of primary amides is 1. The van der Waals surface area contributed by atoms with Crippen molar-refractivity contribution in [3.05, 3.63) is 21.9 Å². The van der Waals surface area contributed by atoms with Crippen LogP contribution in [0.5, 0.6) is 0 Å². The molecule has 1 aromatic rings. The predicted octanol–water partition coefficient (Wildman–Crippen LogP) is 2.27. The maximum atomic E-state index is 12.7. The van der Waals surface area contributed by atoms with E-state index in [4.69, 9.17) is 10.5 Å². The monoisotopic (exact) mass is 393 g/mol. The van der Waals surface area contributed by atoms with Gasteiger partial charge in [0.25, 0.3) is 5.91 Å². The van der Waals surface area contributed by atoms with Crippen LogP contribution >= 0.6 is 11.3 Å². The van der Waals surface area contributed by atoms with E-state index < -0.39 is 5.41 Å². The Hall–Kier alpha value is -1.44. The molecule has 150 valence electrons. The van der Waals surface area contributed by atoms with E-state index in [9.17, 15) is 9.59 Å². The normalized spacial score (nSPS) is 24.9. The number of carbonyl (C=O) groups excluding carboxylic acids is 2. The lowest BCUT2D eigenvalue weighted by Crippen LogP contribution is -2.56. The fraction of sp³-hybridized carbons (Fsp3) is 0.700. The van der Waals surface area contributed by atoms with Crippen molar-refractivity contribution in [2.75, 3.05) is 39.9 Å². The van der Waals surface area contributed by atoms with Crippen LogP contribution in [0.3, 0.4) is 0 Å². The molecule has 0 aromatic carbocycles. The van der Waals surface area contributed by atoms with Gasteiger partial charge in [0.15, 0.2) is 0 Å². The van der Waals surface area contributed by atoms with Gasteiger partial charge in [-0.1, -0.05) is 0 Å². The average molecular weight is 394 g/mol. The molecule has 2 aliphatic rings. The highest BCUT2D eigenvalue weighted by molar-refractivity contribution is 7.13. The maximum absolute atomic E-state index is 12.7. The molecular weight excluding hydrogens is 362 g/mol. The fourth-order valence-electron chi connectivity index (χ4n) is 4.44. The highest BCUT2D eigenvalue weighted by Gasteiger charge is 2.42. The molecule has 3 heterocycles. The molecule has 0 aliphatic carbocycles. The number of ether oxygens (including phenoxy) is 1. The third kappa shape index (κ3) is 4.52. The minimum Gasteiger partial charge on any atom is -0.385 e. The van der Waals surface area contributed by atoms with Gasteiger partial charge in [-0.3, -0.25) is 14.5 Å². The molecule has 1 aromatic heterocycles. The van der Waals surface area contributed by atoms with E-state index in [1.54, 1.807) is 18.4 Å². The summed E-state index contributed by atoms with van der Waals surface area (Å²) in [6.07, 6.45) is 4.42.